The SMILES string of the molecule is C=CCn1c(CNC(=O)c2ccc(Cl)cc2Cl)nnc1SCC(=O)Nc1ccc(I)cc1C. The van der Waals surface area contributed by atoms with Gasteiger partial charge in [0.15, 0.2) is 11.0 Å². The van der Waals surface area contributed by atoms with Crippen LogP contribution in [0.1, 0.15) is 21.7 Å². The molecule has 0 radical (unpaired) electrons. The monoisotopic (exact) mass is 615 g/mol. The third kappa shape index (κ3) is 6.95. The number of halogens is 3. The Morgan fingerprint density at radius 1 is 1.21 bits per heavy atom. The number of aryl methyl sites for hydroxylation is 1. The summed E-state index contributed by atoms with van der Waals surface area (Å²) in [5.74, 6) is 0.189. The maximum Gasteiger partial charge on any atom is 0.253 e. The van der Waals surface area contributed by atoms with E-state index < -0.39 is 0 Å². The predicted octanol–water partition coefficient (Wildman–Crippen LogP) is 5.34. The van der Waals surface area contributed by atoms with Crippen LogP contribution in [0.25, 0.3) is 0 Å². The van der Waals surface area contributed by atoms with Gasteiger partial charge in [-0.2, -0.15) is 0 Å². The van der Waals surface area contributed by atoms with Crippen LogP contribution < -0.4 is 10.6 Å². The molecule has 3 rings (SSSR count). The lowest BCUT2D eigenvalue weighted by atomic mass is 10.2. The summed E-state index contributed by atoms with van der Waals surface area (Å²) in [7, 11) is 0. The second-order valence-electron chi connectivity index (χ2n) is 6.90. The third-order valence-corrected chi connectivity index (χ3v) is 6.67. The number of nitrogens with one attached hydrogen (secondary N) is 2. The van der Waals surface area contributed by atoms with E-state index in [1.165, 1.54) is 17.8 Å². The molecule has 0 aliphatic rings. The van der Waals surface area contributed by atoms with Crippen molar-refractivity contribution in [2.75, 3.05) is 11.1 Å². The fourth-order valence-corrected chi connectivity index (χ4v) is 4.79. The van der Waals surface area contributed by atoms with Gasteiger partial charge >= 0.3 is 0 Å². The molecule has 7 nitrogen and oxygen atoms in total. The van der Waals surface area contributed by atoms with Crippen LogP contribution in [0.5, 0.6) is 0 Å². The second kappa shape index (κ2) is 11.9. The fraction of sp³-hybridized carbons (Fsp3) is 0.182. The molecule has 0 fully saturated rings. The van der Waals surface area contributed by atoms with Crippen LogP contribution in [-0.4, -0.2) is 32.3 Å². The van der Waals surface area contributed by atoms with Crippen LogP contribution in [0.2, 0.25) is 10.0 Å². The Balaban J connectivity index is 1.63. The summed E-state index contributed by atoms with van der Waals surface area (Å²) in [5, 5.41) is 15.3. The van der Waals surface area contributed by atoms with Crippen molar-refractivity contribution < 1.29 is 9.59 Å². The summed E-state index contributed by atoms with van der Waals surface area (Å²) in [6.07, 6.45) is 1.70. The van der Waals surface area contributed by atoms with Gasteiger partial charge in [-0.3, -0.25) is 9.59 Å². The summed E-state index contributed by atoms with van der Waals surface area (Å²) in [6, 6.07) is 10.5. The molecule has 172 valence electrons. The summed E-state index contributed by atoms with van der Waals surface area (Å²) >= 11 is 15.5. The number of nitrogens with zero attached hydrogens (tertiary/aromatic N) is 3. The lowest BCUT2D eigenvalue weighted by Gasteiger charge is -2.10. The standard InChI is InChI=1S/C22H20Cl2IN5O2S/c1-3-8-30-19(11-26-21(32)16-6-4-14(23)10-17(16)24)28-29-22(30)33-12-20(31)27-18-7-5-15(25)9-13(18)2/h3-7,9-10H,1,8,11-12H2,2H3,(H,26,32)(H,27,31). The van der Waals surface area contributed by atoms with E-state index in [-0.39, 0.29) is 29.1 Å². The van der Waals surface area contributed by atoms with Crippen molar-refractivity contribution >= 4 is 75.1 Å². The molecule has 0 unspecified atom stereocenters. The predicted molar refractivity (Wildman–Crippen MR) is 141 cm³/mol. The minimum absolute atomic E-state index is 0.132. The van der Waals surface area contributed by atoms with E-state index in [0.29, 0.717) is 28.1 Å². The number of amides is 2. The summed E-state index contributed by atoms with van der Waals surface area (Å²) in [4.78, 5) is 24.9. The van der Waals surface area contributed by atoms with Crippen LogP contribution in [-0.2, 0) is 17.9 Å². The Bertz CT molecular complexity index is 1200. The number of carbonyl (C=O) groups is 2. The van der Waals surface area contributed by atoms with E-state index in [2.05, 4.69) is 50.0 Å². The number of allylic oxidation sites excluding steroid dienone is 1. The third-order valence-electron chi connectivity index (χ3n) is 4.48. The molecule has 3 aromatic rings. The van der Waals surface area contributed by atoms with Gasteiger partial charge in [0.2, 0.25) is 5.91 Å². The molecule has 0 saturated carbocycles. The largest absolute Gasteiger partial charge is 0.345 e. The second-order valence-corrected chi connectivity index (χ2v) is 9.93. The van der Waals surface area contributed by atoms with E-state index in [1.54, 1.807) is 22.8 Å². The molecule has 0 bridgehead atoms. The summed E-state index contributed by atoms with van der Waals surface area (Å²) in [5.41, 5.74) is 2.08. The molecule has 0 spiro atoms. The zero-order valence-corrected chi connectivity index (χ0v) is 22.1. The van der Waals surface area contributed by atoms with Crippen molar-refractivity contribution in [1.82, 2.24) is 20.1 Å². The normalized spacial score (nSPS) is 10.7. The van der Waals surface area contributed by atoms with Crippen molar-refractivity contribution in [1.29, 1.82) is 0 Å². The van der Waals surface area contributed by atoms with Gasteiger partial charge in [-0.25, -0.2) is 0 Å². The molecule has 11 heteroatoms. The van der Waals surface area contributed by atoms with Crippen molar-refractivity contribution in [3.05, 3.63) is 79.6 Å². The van der Waals surface area contributed by atoms with E-state index in [9.17, 15) is 9.59 Å². The summed E-state index contributed by atoms with van der Waals surface area (Å²) < 4.78 is 2.90. The van der Waals surface area contributed by atoms with Crippen molar-refractivity contribution in [3.63, 3.8) is 0 Å². The topological polar surface area (TPSA) is 88.9 Å². The van der Waals surface area contributed by atoms with Crippen molar-refractivity contribution in [2.24, 2.45) is 0 Å². The molecule has 1 aromatic heterocycles. The van der Waals surface area contributed by atoms with Gasteiger partial charge < -0.3 is 15.2 Å². The first-order valence-corrected chi connectivity index (χ1v) is 12.6. The van der Waals surface area contributed by atoms with Gasteiger partial charge in [0.05, 0.1) is 22.9 Å². The number of hydrogen-bond acceptors (Lipinski definition) is 5. The Labute approximate surface area is 219 Å². The van der Waals surface area contributed by atoms with E-state index in [0.717, 1.165) is 14.8 Å². The van der Waals surface area contributed by atoms with E-state index in [1.807, 2.05) is 25.1 Å². The van der Waals surface area contributed by atoms with Crippen LogP contribution in [0.3, 0.4) is 0 Å². The van der Waals surface area contributed by atoms with Crippen LogP contribution in [0, 0.1) is 10.5 Å². The van der Waals surface area contributed by atoms with Gasteiger partial charge in [-0.1, -0.05) is 41.0 Å². The number of anilines is 1. The highest BCUT2D eigenvalue weighted by Crippen LogP contribution is 2.22. The fourth-order valence-electron chi connectivity index (χ4n) is 2.88. The molecule has 1 heterocycles. The Morgan fingerprint density at radius 2 is 2.00 bits per heavy atom. The average Bonchev–Trinajstić information content (AvgIpc) is 3.14. The minimum atomic E-state index is -0.355. The molecule has 0 aliphatic heterocycles. The van der Waals surface area contributed by atoms with Crippen LogP contribution >= 0.6 is 57.6 Å². The van der Waals surface area contributed by atoms with Gasteiger partial charge in [-0.15, -0.1) is 16.8 Å². The van der Waals surface area contributed by atoms with Gasteiger partial charge in [0.1, 0.15) is 0 Å². The first-order chi connectivity index (χ1) is 15.8. The Hall–Kier alpha value is -2.08. The Morgan fingerprint density at radius 3 is 2.70 bits per heavy atom. The first kappa shape index (κ1) is 25.5. The Kier molecular flexibility index (Phi) is 9.19. The lowest BCUT2D eigenvalue weighted by Crippen LogP contribution is -2.25. The number of thioether (sulfide) groups is 1. The molecule has 2 amide bonds. The molecule has 0 atom stereocenters. The average molecular weight is 616 g/mol. The maximum atomic E-state index is 12.5. The number of carbonyl (C=O) groups excluding carboxylic acids is 2. The quantitative estimate of drug-likeness (QED) is 0.193. The van der Waals surface area contributed by atoms with Crippen LogP contribution in [0.15, 0.2) is 54.2 Å². The van der Waals surface area contributed by atoms with Gasteiger partial charge in [0, 0.05) is 20.8 Å². The van der Waals surface area contributed by atoms with Crippen molar-refractivity contribution in [2.45, 2.75) is 25.2 Å². The molecule has 2 N–H and O–H groups in total. The molecule has 33 heavy (non-hydrogen) atoms. The van der Waals surface area contributed by atoms with Gasteiger partial charge in [0.25, 0.3) is 5.91 Å². The van der Waals surface area contributed by atoms with Crippen molar-refractivity contribution in [3.8, 4) is 0 Å². The lowest BCUT2D eigenvalue weighted by molar-refractivity contribution is -0.113. The highest BCUT2D eigenvalue weighted by Gasteiger charge is 2.16. The smallest absolute Gasteiger partial charge is 0.253 e. The highest BCUT2D eigenvalue weighted by atomic mass is 127. The minimum Gasteiger partial charge on any atom is -0.345 e. The number of hydrogen-bond donors (Lipinski definition) is 2. The molecule has 2 aromatic carbocycles. The number of aromatic nitrogens is 3. The zero-order chi connectivity index (χ0) is 24.0. The molecular formula is C22H20Cl2IN5O2S. The molecular weight excluding hydrogens is 596 g/mol. The molecule has 0 aliphatic carbocycles. The number of rotatable bonds is 9. The first-order valence-electron chi connectivity index (χ1n) is 9.73. The highest BCUT2D eigenvalue weighted by molar-refractivity contribution is 14.1. The maximum absolute atomic E-state index is 12.5. The van der Waals surface area contributed by atoms with Crippen LogP contribution in [0.4, 0.5) is 5.69 Å². The molecule has 0 saturated heterocycles. The summed E-state index contributed by atoms with van der Waals surface area (Å²) in [6.45, 7) is 6.28. The van der Waals surface area contributed by atoms with E-state index >= 15 is 0 Å². The van der Waals surface area contributed by atoms with E-state index in [4.69, 9.17) is 23.2 Å². The number of benzene rings is 2. The zero-order valence-electron chi connectivity index (χ0n) is 17.6. The van der Waals surface area contributed by atoms with Gasteiger partial charge in [-0.05, 0) is 71.5 Å².